The molecule has 92 valence electrons. The van der Waals surface area contributed by atoms with Crippen LogP contribution in [0, 0.1) is 5.41 Å². The first-order chi connectivity index (χ1) is 7.84. The minimum atomic E-state index is -0.796. The Balaban J connectivity index is 2.69. The number of carbonyl (C=O) groups is 2. The third-order valence-corrected chi connectivity index (χ3v) is 2.68. The summed E-state index contributed by atoms with van der Waals surface area (Å²) in [6.07, 6.45) is 2.86. The van der Waals surface area contributed by atoms with Crippen molar-refractivity contribution in [1.29, 1.82) is 0 Å². The standard InChI is InChI=1S/C11H14ClN3O2/c1-11(2,10(13)17)6-15-9(16)7-3-4-14-5-8(7)12/h3-5H,6H2,1-2H3,(H2,13,17)(H,15,16). The van der Waals surface area contributed by atoms with E-state index in [4.69, 9.17) is 17.3 Å². The van der Waals surface area contributed by atoms with Crippen molar-refractivity contribution < 1.29 is 9.59 Å². The minimum absolute atomic E-state index is 0.153. The van der Waals surface area contributed by atoms with E-state index in [0.29, 0.717) is 5.56 Å². The maximum Gasteiger partial charge on any atom is 0.252 e. The van der Waals surface area contributed by atoms with Gasteiger partial charge in [0.25, 0.3) is 5.91 Å². The van der Waals surface area contributed by atoms with Crippen LogP contribution in [0.2, 0.25) is 5.02 Å². The molecule has 0 fully saturated rings. The second-order valence-electron chi connectivity index (χ2n) is 4.29. The first kappa shape index (κ1) is 13.4. The summed E-state index contributed by atoms with van der Waals surface area (Å²) in [5, 5.41) is 2.88. The molecule has 0 atom stereocenters. The molecular formula is C11H14ClN3O2. The maximum atomic E-state index is 11.8. The Morgan fingerprint density at radius 3 is 2.71 bits per heavy atom. The van der Waals surface area contributed by atoms with Gasteiger partial charge in [-0.1, -0.05) is 11.6 Å². The molecule has 1 aromatic heterocycles. The zero-order valence-electron chi connectivity index (χ0n) is 9.66. The number of hydrogen-bond donors (Lipinski definition) is 2. The van der Waals surface area contributed by atoms with E-state index in [-0.39, 0.29) is 17.5 Å². The van der Waals surface area contributed by atoms with E-state index in [1.165, 1.54) is 18.5 Å². The number of carbonyl (C=O) groups excluding carboxylic acids is 2. The molecule has 3 N–H and O–H groups in total. The molecule has 0 aliphatic heterocycles. The summed E-state index contributed by atoms with van der Waals surface area (Å²) < 4.78 is 0. The molecule has 0 bridgehead atoms. The van der Waals surface area contributed by atoms with Crippen molar-refractivity contribution in [3.8, 4) is 0 Å². The summed E-state index contributed by atoms with van der Waals surface area (Å²) in [5.41, 5.74) is 4.72. The molecule has 6 heteroatoms. The van der Waals surface area contributed by atoms with Crippen LogP contribution in [0.1, 0.15) is 24.2 Å². The molecule has 0 saturated heterocycles. The highest BCUT2D eigenvalue weighted by Gasteiger charge is 2.25. The molecule has 0 aliphatic rings. The SMILES string of the molecule is CC(C)(CNC(=O)c1ccncc1Cl)C(N)=O. The number of hydrogen-bond acceptors (Lipinski definition) is 3. The highest BCUT2D eigenvalue weighted by molar-refractivity contribution is 6.33. The van der Waals surface area contributed by atoms with Crippen molar-refractivity contribution in [2.24, 2.45) is 11.1 Å². The molecule has 0 aliphatic carbocycles. The van der Waals surface area contributed by atoms with Gasteiger partial charge >= 0.3 is 0 Å². The van der Waals surface area contributed by atoms with E-state index < -0.39 is 11.3 Å². The lowest BCUT2D eigenvalue weighted by Gasteiger charge is -2.20. The van der Waals surface area contributed by atoms with E-state index in [1.807, 2.05) is 0 Å². The van der Waals surface area contributed by atoms with Gasteiger partial charge in [0, 0.05) is 18.9 Å². The van der Waals surface area contributed by atoms with E-state index in [1.54, 1.807) is 13.8 Å². The number of halogens is 1. The fraction of sp³-hybridized carbons (Fsp3) is 0.364. The molecule has 0 saturated carbocycles. The molecule has 2 amide bonds. The van der Waals surface area contributed by atoms with E-state index in [0.717, 1.165) is 0 Å². The molecule has 1 heterocycles. The number of pyridine rings is 1. The zero-order chi connectivity index (χ0) is 13.1. The molecule has 0 unspecified atom stereocenters. The average Bonchev–Trinajstić information content (AvgIpc) is 2.26. The van der Waals surface area contributed by atoms with Crippen LogP contribution in [-0.4, -0.2) is 23.3 Å². The Kier molecular flexibility index (Phi) is 4.07. The Hall–Kier alpha value is -1.62. The lowest BCUT2D eigenvalue weighted by atomic mass is 9.93. The van der Waals surface area contributed by atoms with Gasteiger partial charge in [-0.2, -0.15) is 0 Å². The fourth-order valence-electron chi connectivity index (χ4n) is 1.04. The van der Waals surface area contributed by atoms with Gasteiger partial charge in [-0.3, -0.25) is 14.6 Å². The van der Waals surface area contributed by atoms with Gasteiger partial charge in [0.15, 0.2) is 0 Å². The highest BCUT2D eigenvalue weighted by atomic mass is 35.5. The van der Waals surface area contributed by atoms with Gasteiger partial charge in [-0.15, -0.1) is 0 Å². The van der Waals surface area contributed by atoms with Gasteiger partial charge < -0.3 is 11.1 Å². The summed E-state index contributed by atoms with van der Waals surface area (Å²) in [7, 11) is 0. The molecule has 5 nitrogen and oxygen atoms in total. The minimum Gasteiger partial charge on any atom is -0.369 e. The normalized spacial score (nSPS) is 11.0. The van der Waals surface area contributed by atoms with Crippen LogP contribution >= 0.6 is 11.6 Å². The van der Waals surface area contributed by atoms with Crippen molar-refractivity contribution in [2.75, 3.05) is 6.54 Å². The zero-order valence-corrected chi connectivity index (χ0v) is 10.4. The second kappa shape index (κ2) is 5.14. The lowest BCUT2D eigenvalue weighted by Crippen LogP contribution is -2.42. The fourth-order valence-corrected chi connectivity index (χ4v) is 1.25. The van der Waals surface area contributed by atoms with Crippen LogP contribution in [-0.2, 0) is 4.79 Å². The van der Waals surface area contributed by atoms with Gasteiger partial charge in [0.2, 0.25) is 5.91 Å². The van der Waals surface area contributed by atoms with E-state index >= 15 is 0 Å². The van der Waals surface area contributed by atoms with E-state index in [2.05, 4.69) is 10.3 Å². The van der Waals surface area contributed by atoms with Crippen LogP contribution in [0.4, 0.5) is 0 Å². The third-order valence-electron chi connectivity index (χ3n) is 2.37. The first-order valence-corrected chi connectivity index (χ1v) is 5.40. The highest BCUT2D eigenvalue weighted by Crippen LogP contribution is 2.15. The smallest absolute Gasteiger partial charge is 0.252 e. The number of aromatic nitrogens is 1. The summed E-state index contributed by atoms with van der Waals surface area (Å²) >= 11 is 5.82. The topological polar surface area (TPSA) is 85.1 Å². The van der Waals surface area contributed by atoms with E-state index in [9.17, 15) is 9.59 Å². The predicted octanol–water partition coefficient (Wildman–Crippen LogP) is 0.976. The van der Waals surface area contributed by atoms with Crippen LogP contribution in [0.5, 0.6) is 0 Å². The molecule has 0 radical (unpaired) electrons. The lowest BCUT2D eigenvalue weighted by molar-refractivity contribution is -0.125. The van der Waals surface area contributed by atoms with Crippen LogP contribution < -0.4 is 11.1 Å². The Morgan fingerprint density at radius 2 is 2.18 bits per heavy atom. The largest absolute Gasteiger partial charge is 0.369 e. The predicted molar refractivity (Wildman–Crippen MR) is 64.6 cm³/mol. The van der Waals surface area contributed by atoms with Gasteiger partial charge in [-0.25, -0.2) is 0 Å². The molecule has 1 rings (SSSR count). The Morgan fingerprint density at radius 1 is 1.53 bits per heavy atom. The quantitative estimate of drug-likeness (QED) is 0.841. The molecule has 0 aromatic carbocycles. The number of primary amides is 1. The Labute approximate surface area is 104 Å². The number of rotatable bonds is 4. The summed E-state index contributed by atoms with van der Waals surface area (Å²) in [6.45, 7) is 3.47. The van der Waals surface area contributed by atoms with Crippen LogP contribution in [0.25, 0.3) is 0 Å². The third kappa shape index (κ3) is 3.42. The van der Waals surface area contributed by atoms with Gasteiger partial charge in [0.05, 0.1) is 16.0 Å². The summed E-state index contributed by atoms with van der Waals surface area (Å²) in [6, 6.07) is 1.51. The van der Waals surface area contributed by atoms with Crippen LogP contribution in [0.3, 0.4) is 0 Å². The molecule has 0 spiro atoms. The summed E-state index contributed by atoms with van der Waals surface area (Å²) in [5.74, 6) is -0.828. The Bertz CT molecular complexity index is 446. The number of nitrogens with one attached hydrogen (secondary N) is 1. The number of nitrogens with two attached hydrogens (primary N) is 1. The first-order valence-electron chi connectivity index (χ1n) is 5.02. The van der Waals surface area contributed by atoms with Crippen molar-refractivity contribution in [3.05, 3.63) is 29.0 Å². The second-order valence-corrected chi connectivity index (χ2v) is 4.69. The molecular weight excluding hydrogens is 242 g/mol. The van der Waals surface area contributed by atoms with Crippen molar-refractivity contribution in [3.63, 3.8) is 0 Å². The average molecular weight is 256 g/mol. The molecule has 17 heavy (non-hydrogen) atoms. The summed E-state index contributed by atoms with van der Waals surface area (Å²) in [4.78, 5) is 26.6. The molecule has 1 aromatic rings. The van der Waals surface area contributed by atoms with Gasteiger partial charge in [-0.05, 0) is 19.9 Å². The van der Waals surface area contributed by atoms with Crippen molar-refractivity contribution >= 4 is 23.4 Å². The maximum absolute atomic E-state index is 11.8. The van der Waals surface area contributed by atoms with Crippen molar-refractivity contribution in [2.45, 2.75) is 13.8 Å². The van der Waals surface area contributed by atoms with Crippen LogP contribution in [0.15, 0.2) is 18.5 Å². The van der Waals surface area contributed by atoms with Crippen molar-refractivity contribution in [1.82, 2.24) is 10.3 Å². The van der Waals surface area contributed by atoms with Gasteiger partial charge in [0.1, 0.15) is 0 Å². The monoisotopic (exact) mass is 255 g/mol. The number of amides is 2. The number of nitrogens with zero attached hydrogens (tertiary/aromatic N) is 1.